The van der Waals surface area contributed by atoms with E-state index >= 15 is 0 Å². The van der Waals surface area contributed by atoms with Crippen LogP contribution in [0.2, 0.25) is 0 Å². The third-order valence-electron chi connectivity index (χ3n) is 3.97. The molecule has 5 heteroatoms. The number of carbonyl (C=O) groups is 2. The van der Waals surface area contributed by atoms with Crippen LogP contribution in [-0.4, -0.2) is 22.2 Å². The van der Waals surface area contributed by atoms with E-state index < -0.39 is 17.4 Å². The fourth-order valence-electron chi connectivity index (χ4n) is 2.67. The third-order valence-corrected chi connectivity index (χ3v) is 3.97. The lowest BCUT2D eigenvalue weighted by Crippen LogP contribution is -2.39. The SMILES string of the molecule is CC1=CC(N)=C(C(=O)O)CC1(Cc1ccccc1)C(=O)O. The standard InChI is InChI=1S/C16H17NO4/c1-10-7-13(17)12(14(18)19)9-16(10,15(20)21)8-11-5-3-2-4-6-11/h2-7H,8-9,17H2,1H3,(H,18,19)(H,20,21). The molecule has 110 valence electrons. The lowest BCUT2D eigenvalue weighted by molar-refractivity contribution is -0.147. The van der Waals surface area contributed by atoms with Gasteiger partial charge in [-0.15, -0.1) is 0 Å². The predicted octanol–water partition coefficient (Wildman–Crippen LogP) is 1.95. The van der Waals surface area contributed by atoms with Gasteiger partial charge in [0.15, 0.2) is 0 Å². The van der Waals surface area contributed by atoms with Gasteiger partial charge >= 0.3 is 11.9 Å². The molecule has 0 saturated heterocycles. The number of aliphatic carboxylic acids is 2. The first-order valence-corrected chi connectivity index (χ1v) is 6.55. The number of hydrogen-bond donors (Lipinski definition) is 3. The molecular formula is C16H17NO4. The number of carboxylic acid groups (broad SMARTS) is 2. The highest BCUT2D eigenvalue weighted by atomic mass is 16.4. The average Bonchev–Trinajstić information content (AvgIpc) is 2.42. The fraction of sp³-hybridized carbons (Fsp3) is 0.250. The minimum absolute atomic E-state index is 0.0427. The van der Waals surface area contributed by atoms with Gasteiger partial charge < -0.3 is 15.9 Å². The summed E-state index contributed by atoms with van der Waals surface area (Å²) in [6.07, 6.45) is 1.58. The Kier molecular flexibility index (Phi) is 3.84. The monoisotopic (exact) mass is 287 g/mol. The molecule has 4 N–H and O–H groups in total. The Hall–Kier alpha value is -2.56. The molecule has 1 aliphatic carbocycles. The number of rotatable bonds is 4. The van der Waals surface area contributed by atoms with Crippen LogP contribution in [0.1, 0.15) is 18.9 Å². The zero-order valence-corrected chi connectivity index (χ0v) is 11.7. The van der Waals surface area contributed by atoms with Gasteiger partial charge in [-0.2, -0.15) is 0 Å². The van der Waals surface area contributed by atoms with Gasteiger partial charge in [-0.3, -0.25) is 4.79 Å². The summed E-state index contributed by atoms with van der Waals surface area (Å²) < 4.78 is 0. The Labute approximate surface area is 122 Å². The zero-order chi connectivity index (χ0) is 15.6. The lowest BCUT2D eigenvalue weighted by atomic mass is 9.68. The van der Waals surface area contributed by atoms with Crippen LogP contribution in [0.25, 0.3) is 0 Å². The maximum Gasteiger partial charge on any atom is 0.333 e. The maximum atomic E-state index is 11.9. The topological polar surface area (TPSA) is 101 Å². The van der Waals surface area contributed by atoms with Gasteiger partial charge in [-0.25, -0.2) is 4.79 Å². The fourth-order valence-corrected chi connectivity index (χ4v) is 2.67. The molecule has 0 aromatic heterocycles. The predicted molar refractivity (Wildman–Crippen MR) is 77.4 cm³/mol. The van der Waals surface area contributed by atoms with Crippen molar-refractivity contribution in [1.82, 2.24) is 0 Å². The van der Waals surface area contributed by atoms with Crippen molar-refractivity contribution in [3.63, 3.8) is 0 Å². The first-order chi connectivity index (χ1) is 9.86. The van der Waals surface area contributed by atoms with Crippen LogP contribution < -0.4 is 5.73 Å². The summed E-state index contributed by atoms with van der Waals surface area (Å²) in [5.74, 6) is -2.21. The molecule has 0 amide bonds. The molecule has 2 rings (SSSR count). The molecule has 1 aromatic rings. The van der Waals surface area contributed by atoms with Gasteiger partial charge in [0, 0.05) is 12.1 Å². The van der Waals surface area contributed by atoms with E-state index in [2.05, 4.69) is 0 Å². The molecule has 0 heterocycles. The second kappa shape index (κ2) is 5.44. The number of nitrogens with two attached hydrogens (primary N) is 1. The van der Waals surface area contributed by atoms with Crippen molar-refractivity contribution in [2.45, 2.75) is 19.8 Å². The summed E-state index contributed by atoms with van der Waals surface area (Å²) in [5.41, 5.74) is 5.95. The van der Waals surface area contributed by atoms with E-state index in [1.807, 2.05) is 30.3 Å². The lowest BCUT2D eigenvalue weighted by Gasteiger charge is -2.34. The number of benzene rings is 1. The van der Waals surface area contributed by atoms with Gasteiger partial charge in [-0.1, -0.05) is 35.9 Å². The molecule has 0 spiro atoms. The highest BCUT2D eigenvalue weighted by molar-refractivity contribution is 5.92. The molecule has 1 aromatic carbocycles. The molecule has 21 heavy (non-hydrogen) atoms. The second-order valence-electron chi connectivity index (χ2n) is 5.29. The smallest absolute Gasteiger partial charge is 0.333 e. The van der Waals surface area contributed by atoms with Crippen molar-refractivity contribution in [3.05, 3.63) is 58.8 Å². The van der Waals surface area contributed by atoms with Crippen LogP contribution in [0.15, 0.2) is 53.3 Å². The minimum Gasteiger partial charge on any atom is -0.481 e. The molecule has 0 bridgehead atoms. The normalized spacial score (nSPS) is 21.9. The van der Waals surface area contributed by atoms with Crippen molar-refractivity contribution in [2.24, 2.45) is 11.1 Å². The van der Waals surface area contributed by atoms with E-state index in [4.69, 9.17) is 5.73 Å². The molecule has 0 radical (unpaired) electrons. The zero-order valence-electron chi connectivity index (χ0n) is 11.7. The summed E-state index contributed by atoms with van der Waals surface area (Å²) in [6.45, 7) is 1.68. The first kappa shape index (κ1) is 14.8. The van der Waals surface area contributed by atoms with Gasteiger partial charge in [0.1, 0.15) is 0 Å². The van der Waals surface area contributed by atoms with E-state index in [9.17, 15) is 19.8 Å². The van der Waals surface area contributed by atoms with Gasteiger partial charge in [0.05, 0.1) is 11.0 Å². The van der Waals surface area contributed by atoms with E-state index in [0.717, 1.165) is 5.56 Å². The van der Waals surface area contributed by atoms with Crippen LogP contribution in [0.5, 0.6) is 0 Å². The Bertz CT molecular complexity index is 646. The van der Waals surface area contributed by atoms with E-state index in [1.54, 1.807) is 6.92 Å². The number of hydrogen-bond acceptors (Lipinski definition) is 3. The van der Waals surface area contributed by atoms with Crippen molar-refractivity contribution in [2.75, 3.05) is 0 Å². The highest BCUT2D eigenvalue weighted by Crippen LogP contribution is 2.42. The van der Waals surface area contributed by atoms with Crippen LogP contribution in [-0.2, 0) is 16.0 Å². The van der Waals surface area contributed by atoms with Gasteiger partial charge in [-0.05, 0) is 25.0 Å². The van der Waals surface area contributed by atoms with Crippen LogP contribution >= 0.6 is 0 Å². The van der Waals surface area contributed by atoms with E-state index in [0.29, 0.717) is 5.57 Å². The van der Waals surface area contributed by atoms with Crippen molar-refractivity contribution >= 4 is 11.9 Å². The second-order valence-corrected chi connectivity index (χ2v) is 5.29. The molecule has 0 aliphatic heterocycles. The van der Waals surface area contributed by atoms with Gasteiger partial charge in [0.2, 0.25) is 0 Å². The third kappa shape index (κ3) is 2.67. The molecular weight excluding hydrogens is 270 g/mol. The number of allylic oxidation sites excluding steroid dienone is 1. The molecule has 1 atom stereocenters. The quantitative estimate of drug-likeness (QED) is 0.785. The molecule has 1 unspecified atom stereocenters. The Morgan fingerprint density at radius 1 is 1.24 bits per heavy atom. The van der Waals surface area contributed by atoms with Crippen molar-refractivity contribution < 1.29 is 19.8 Å². The first-order valence-electron chi connectivity index (χ1n) is 6.55. The number of carboxylic acids is 2. The average molecular weight is 287 g/mol. The summed E-state index contributed by atoms with van der Waals surface area (Å²) >= 11 is 0. The van der Waals surface area contributed by atoms with Crippen LogP contribution in [0.4, 0.5) is 0 Å². The Morgan fingerprint density at radius 2 is 1.86 bits per heavy atom. The summed E-state index contributed by atoms with van der Waals surface area (Å²) in [5, 5.41) is 18.9. The highest BCUT2D eigenvalue weighted by Gasteiger charge is 2.44. The van der Waals surface area contributed by atoms with Crippen LogP contribution in [0.3, 0.4) is 0 Å². The van der Waals surface area contributed by atoms with Crippen molar-refractivity contribution in [1.29, 1.82) is 0 Å². The molecule has 0 saturated carbocycles. The summed E-state index contributed by atoms with van der Waals surface area (Å²) in [4.78, 5) is 23.1. The Morgan fingerprint density at radius 3 is 2.38 bits per heavy atom. The van der Waals surface area contributed by atoms with E-state index in [1.165, 1.54) is 6.08 Å². The maximum absolute atomic E-state index is 11.9. The van der Waals surface area contributed by atoms with Gasteiger partial charge in [0.25, 0.3) is 0 Å². The summed E-state index contributed by atoms with van der Waals surface area (Å²) in [7, 11) is 0. The Balaban J connectivity index is 2.47. The minimum atomic E-state index is -1.27. The molecule has 0 fully saturated rings. The molecule has 5 nitrogen and oxygen atoms in total. The van der Waals surface area contributed by atoms with E-state index in [-0.39, 0.29) is 24.1 Å². The largest absolute Gasteiger partial charge is 0.481 e. The van der Waals surface area contributed by atoms with Crippen LogP contribution in [0, 0.1) is 5.41 Å². The summed E-state index contributed by atoms with van der Waals surface area (Å²) in [6, 6.07) is 9.17. The van der Waals surface area contributed by atoms with Crippen molar-refractivity contribution in [3.8, 4) is 0 Å². The molecule has 1 aliphatic rings.